The number of carbonyl (C=O) groups excluding carboxylic acids is 3. The van der Waals surface area contributed by atoms with Crippen LogP contribution in [0.2, 0.25) is 0 Å². The zero-order valence-electron chi connectivity index (χ0n) is 40.5. The normalized spacial score (nSPS) is 14.0. The minimum absolute atomic E-state index is 0.145. The predicted octanol–water partition coefficient (Wildman–Crippen LogP) is 14.0. The fourth-order valence-corrected chi connectivity index (χ4v) is 7.36. The minimum Gasteiger partial charge on any atom is -0.462 e. The number of aliphatic hydroxyl groups excluding tert-OH is 1. The average Bonchev–Trinajstić information content (AvgIpc) is 3.28. The van der Waals surface area contributed by atoms with E-state index in [1.165, 1.54) is 51.4 Å². The number of ether oxygens (including phenoxy) is 3. The summed E-state index contributed by atoms with van der Waals surface area (Å²) in [5.41, 5.74) is 0. The molecule has 370 valence electrons. The molecule has 64 heavy (non-hydrogen) atoms. The Morgan fingerprint density at radius 1 is 0.453 bits per heavy atom. The van der Waals surface area contributed by atoms with Gasteiger partial charge in [-0.15, -0.1) is 0 Å². The van der Waals surface area contributed by atoms with Gasteiger partial charge in [-0.05, 0) is 83.5 Å². The van der Waals surface area contributed by atoms with Crippen LogP contribution in [0.4, 0.5) is 0 Å². The first-order valence-electron chi connectivity index (χ1n) is 25.2. The number of aliphatic hydroxyl groups is 1. The molecule has 0 spiro atoms. The molecule has 0 saturated heterocycles. The van der Waals surface area contributed by atoms with Crippen LogP contribution in [0.25, 0.3) is 0 Å². The highest BCUT2D eigenvalue weighted by Crippen LogP contribution is 2.43. The molecule has 0 radical (unpaired) electrons. The first-order valence-corrected chi connectivity index (χ1v) is 26.7. The monoisotopic (exact) mass is 923 g/mol. The summed E-state index contributed by atoms with van der Waals surface area (Å²) < 4.78 is 39.2. The van der Waals surface area contributed by atoms with Crippen molar-refractivity contribution in [2.45, 2.75) is 226 Å². The van der Waals surface area contributed by atoms with Crippen LogP contribution in [0.15, 0.2) is 60.8 Å². The van der Waals surface area contributed by atoms with Gasteiger partial charge in [0.15, 0.2) is 6.10 Å². The van der Waals surface area contributed by atoms with Gasteiger partial charge in [0.05, 0.1) is 19.8 Å². The summed E-state index contributed by atoms with van der Waals surface area (Å²) in [7, 11) is -4.74. The van der Waals surface area contributed by atoms with Crippen LogP contribution in [0, 0.1) is 0 Å². The number of carbonyl (C=O) groups is 3. The van der Waals surface area contributed by atoms with E-state index in [0.717, 1.165) is 103 Å². The van der Waals surface area contributed by atoms with Crippen molar-refractivity contribution in [2.75, 3.05) is 26.4 Å². The lowest BCUT2D eigenvalue weighted by atomic mass is 10.1. The van der Waals surface area contributed by atoms with Gasteiger partial charge in [-0.2, -0.15) is 0 Å². The smallest absolute Gasteiger partial charge is 0.462 e. The molecule has 0 bridgehead atoms. The Labute approximate surface area is 389 Å². The molecule has 0 saturated carbocycles. The van der Waals surface area contributed by atoms with Crippen molar-refractivity contribution < 1.29 is 52.2 Å². The Hall–Kier alpha value is -2.82. The molecule has 3 unspecified atom stereocenters. The lowest BCUT2D eigenvalue weighted by Crippen LogP contribution is -2.30. The molecule has 0 aromatic rings. The summed E-state index contributed by atoms with van der Waals surface area (Å²) in [6.45, 7) is 4.41. The maximum absolute atomic E-state index is 12.8. The maximum Gasteiger partial charge on any atom is 0.472 e. The van der Waals surface area contributed by atoms with E-state index >= 15 is 0 Å². The summed E-state index contributed by atoms with van der Waals surface area (Å²) >= 11 is 0. The van der Waals surface area contributed by atoms with Crippen LogP contribution in [0.1, 0.15) is 213 Å². The highest BCUT2D eigenvalue weighted by Gasteiger charge is 2.28. The first-order chi connectivity index (χ1) is 31.2. The number of rotatable bonds is 46. The Morgan fingerprint density at radius 3 is 1.30 bits per heavy atom. The molecular weight excluding hydrogens is 832 g/mol. The maximum atomic E-state index is 12.8. The molecule has 0 heterocycles. The second-order valence-electron chi connectivity index (χ2n) is 16.6. The number of unbranched alkanes of at least 4 members (excludes halogenated alkanes) is 19. The number of hydrogen-bond donors (Lipinski definition) is 2. The highest BCUT2D eigenvalue weighted by atomic mass is 31.2. The third-order valence-electron chi connectivity index (χ3n) is 10.4. The van der Waals surface area contributed by atoms with Crippen molar-refractivity contribution in [3.05, 3.63) is 60.8 Å². The van der Waals surface area contributed by atoms with Crippen molar-refractivity contribution in [3.8, 4) is 0 Å². The molecule has 0 aromatic heterocycles. The first kappa shape index (κ1) is 61.2. The quantitative estimate of drug-likeness (QED) is 0.0197. The van der Waals surface area contributed by atoms with Gasteiger partial charge in [0.2, 0.25) is 0 Å². The van der Waals surface area contributed by atoms with Gasteiger partial charge < -0.3 is 24.2 Å². The molecule has 0 aliphatic heterocycles. The van der Waals surface area contributed by atoms with Crippen LogP contribution in [-0.2, 0) is 42.2 Å². The Kier molecular flexibility index (Phi) is 44.6. The van der Waals surface area contributed by atoms with E-state index in [2.05, 4.69) is 81.5 Å². The zero-order valence-corrected chi connectivity index (χ0v) is 41.4. The largest absolute Gasteiger partial charge is 0.472 e. The van der Waals surface area contributed by atoms with Gasteiger partial charge in [0.25, 0.3) is 0 Å². The van der Waals surface area contributed by atoms with E-state index in [1.54, 1.807) is 0 Å². The lowest BCUT2D eigenvalue weighted by Gasteiger charge is -2.21. The Bertz CT molecular complexity index is 1310. The van der Waals surface area contributed by atoms with Crippen molar-refractivity contribution in [3.63, 3.8) is 0 Å². The summed E-state index contributed by atoms with van der Waals surface area (Å²) in [4.78, 5) is 48.2. The molecule has 0 aromatic carbocycles. The summed E-state index contributed by atoms with van der Waals surface area (Å²) in [5, 5.41) is 9.73. The molecule has 0 fully saturated rings. The molecule has 0 amide bonds. The third-order valence-corrected chi connectivity index (χ3v) is 11.4. The van der Waals surface area contributed by atoms with E-state index in [0.29, 0.717) is 19.3 Å². The van der Waals surface area contributed by atoms with E-state index in [1.807, 2.05) is 0 Å². The topological polar surface area (TPSA) is 155 Å². The lowest BCUT2D eigenvalue weighted by molar-refractivity contribution is -0.161. The second-order valence-corrected chi connectivity index (χ2v) is 18.1. The molecule has 12 heteroatoms. The average molecular weight is 923 g/mol. The standard InChI is InChI=1S/C52H91O11P/c1-4-7-10-13-16-19-21-23-24-26-28-31-34-37-40-43-52(56)63-49(45-59-50(54)41-38-35-32-30-27-25-22-20-17-14-11-8-5-2)47-61-64(57,58)60-46-48(44-53)62-51(55)42-39-36-33-29-18-15-12-9-6-3/h8,11,16-17,19-20,23-25,27,48-49,53H,4-7,9-10,12-15,18,21-22,26,28-47H2,1-3H3,(H,57,58)/b11-8-,19-16-,20-17-,24-23-,27-25-. The van der Waals surface area contributed by atoms with Crippen molar-refractivity contribution in [2.24, 2.45) is 0 Å². The van der Waals surface area contributed by atoms with E-state index in [4.69, 9.17) is 23.3 Å². The third kappa shape index (κ3) is 44.4. The summed E-state index contributed by atoms with van der Waals surface area (Å²) in [5.74, 6) is -1.52. The Balaban J connectivity index is 4.82. The van der Waals surface area contributed by atoms with Crippen molar-refractivity contribution in [1.29, 1.82) is 0 Å². The van der Waals surface area contributed by atoms with Gasteiger partial charge in [0, 0.05) is 19.3 Å². The van der Waals surface area contributed by atoms with Crippen LogP contribution >= 0.6 is 7.82 Å². The summed E-state index contributed by atoms with van der Waals surface area (Å²) in [6.07, 6.45) is 47.7. The highest BCUT2D eigenvalue weighted by molar-refractivity contribution is 7.47. The van der Waals surface area contributed by atoms with Crippen LogP contribution in [0.5, 0.6) is 0 Å². The van der Waals surface area contributed by atoms with Crippen molar-refractivity contribution in [1.82, 2.24) is 0 Å². The number of esters is 3. The number of allylic oxidation sites excluding steroid dienone is 10. The van der Waals surface area contributed by atoms with Gasteiger partial charge in [-0.1, -0.05) is 171 Å². The number of hydrogen-bond acceptors (Lipinski definition) is 10. The fraction of sp³-hybridized carbons (Fsp3) is 0.750. The molecule has 0 rings (SSSR count). The molecule has 0 aliphatic rings. The minimum atomic E-state index is -4.74. The SMILES string of the molecule is CC/C=C\C/C=C\C/C=C\CCCCCC(=O)OCC(COP(=O)(O)OCC(CO)OC(=O)CCCCCCCCCCC)OC(=O)CCCCCCC/C=C\C/C=C\CCCCC. The molecular formula is C52H91O11P. The van der Waals surface area contributed by atoms with Gasteiger partial charge in [-0.3, -0.25) is 23.4 Å². The van der Waals surface area contributed by atoms with E-state index in [-0.39, 0.29) is 25.9 Å². The van der Waals surface area contributed by atoms with Crippen LogP contribution < -0.4 is 0 Å². The van der Waals surface area contributed by atoms with Gasteiger partial charge in [0.1, 0.15) is 12.7 Å². The molecule has 0 aliphatic carbocycles. The summed E-state index contributed by atoms with van der Waals surface area (Å²) in [6, 6.07) is 0. The van der Waals surface area contributed by atoms with Crippen molar-refractivity contribution >= 4 is 25.7 Å². The van der Waals surface area contributed by atoms with Gasteiger partial charge >= 0.3 is 25.7 Å². The van der Waals surface area contributed by atoms with Crippen LogP contribution in [0.3, 0.4) is 0 Å². The molecule has 3 atom stereocenters. The number of phosphoric ester groups is 1. The van der Waals surface area contributed by atoms with Crippen LogP contribution in [-0.4, -0.2) is 66.5 Å². The predicted molar refractivity (Wildman–Crippen MR) is 261 cm³/mol. The zero-order chi connectivity index (χ0) is 47.0. The fourth-order valence-electron chi connectivity index (χ4n) is 6.58. The van der Waals surface area contributed by atoms with E-state index in [9.17, 15) is 28.9 Å². The Morgan fingerprint density at radius 2 is 0.812 bits per heavy atom. The van der Waals surface area contributed by atoms with Gasteiger partial charge in [-0.25, -0.2) is 4.57 Å². The second kappa shape index (κ2) is 46.7. The molecule has 11 nitrogen and oxygen atoms in total. The number of phosphoric acid groups is 1. The molecule has 2 N–H and O–H groups in total. The van der Waals surface area contributed by atoms with E-state index < -0.39 is 57.8 Å².